The Labute approximate surface area is 101 Å². The Bertz CT molecular complexity index is 410. The van der Waals surface area contributed by atoms with Gasteiger partial charge in [0.15, 0.2) is 5.60 Å². The number of benzene rings is 1. The van der Waals surface area contributed by atoms with Crippen LogP contribution in [0.25, 0.3) is 0 Å². The second-order valence-corrected chi connectivity index (χ2v) is 3.92. The topological polar surface area (TPSA) is 83.6 Å². The van der Waals surface area contributed by atoms with Gasteiger partial charge in [-0.3, -0.25) is 4.79 Å². The van der Waals surface area contributed by atoms with Crippen LogP contribution in [0.3, 0.4) is 0 Å². The molecule has 17 heavy (non-hydrogen) atoms. The van der Waals surface area contributed by atoms with Crippen molar-refractivity contribution in [2.75, 3.05) is 0 Å². The average molecular weight is 266 g/mol. The Balaban J connectivity index is 3.36. The van der Waals surface area contributed by atoms with Crippen LogP contribution in [0, 0.1) is 0 Å². The molecule has 0 amide bonds. The Hall–Kier alpha value is -1.24. The van der Waals surface area contributed by atoms with Crippen molar-refractivity contribution in [1.29, 1.82) is 0 Å². The second kappa shape index (κ2) is 4.56. The molecule has 4 N–H and O–H groups in total. The zero-order chi connectivity index (χ0) is 13.3. The van der Waals surface area contributed by atoms with Gasteiger partial charge in [0.2, 0.25) is 0 Å². The van der Waals surface area contributed by atoms with E-state index in [9.17, 15) is 18.7 Å². The summed E-state index contributed by atoms with van der Waals surface area (Å²) in [5, 5.41) is 14.3. The molecule has 4 nitrogen and oxygen atoms in total. The van der Waals surface area contributed by atoms with Crippen molar-refractivity contribution < 1.29 is 23.8 Å². The van der Waals surface area contributed by atoms with Gasteiger partial charge < -0.3 is 15.9 Å². The predicted octanol–water partition coefficient (Wildman–Crippen LogP) is 1.12. The Morgan fingerprint density at radius 1 is 1.35 bits per heavy atom. The molecule has 0 aliphatic rings. The number of carboxylic acids is 1. The summed E-state index contributed by atoms with van der Waals surface area (Å²) in [5.74, 6) is -1.78. The molecular formula is C10H10ClF2NO3. The van der Waals surface area contributed by atoms with Crippen molar-refractivity contribution in [3.63, 3.8) is 0 Å². The van der Waals surface area contributed by atoms with Crippen molar-refractivity contribution in [2.45, 2.75) is 17.0 Å². The van der Waals surface area contributed by atoms with Crippen molar-refractivity contribution in [3.05, 3.63) is 35.9 Å². The molecule has 1 aromatic rings. The molecule has 94 valence electrons. The molecule has 0 aliphatic carbocycles. The molecule has 0 bridgehead atoms. The van der Waals surface area contributed by atoms with Gasteiger partial charge in [-0.15, -0.1) is 0 Å². The maximum atomic E-state index is 13.2. The Kier molecular flexibility index (Phi) is 3.71. The molecule has 0 saturated heterocycles. The lowest BCUT2D eigenvalue weighted by atomic mass is 9.86. The third kappa shape index (κ3) is 2.38. The molecule has 2 unspecified atom stereocenters. The molecule has 0 fully saturated rings. The monoisotopic (exact) mass is 265 g/mol. The molecule has 7 heteroatoms. The summed E-state index contributed by atoms with van der Waals surface area (Å²) in [6.07, 6.45) is 0. The van der Waals surface area contributed by atoms with Crippen LogP contribution in [0.15, 0.2) is 30.3 Å². The molecule has 0 radical (unpaired) electrons. The number of carbonyl (C=O) groups is 1. The first-order valence-corrected chi connectivity index (χ1v) is 4.92. The summed E-state index contributed by atoms with van der Waals surface area (Å²) in [4.78, 5) is 10.7. The summed E-state index contributed by atoms with van der Waals surface area (Å²) >= 11 is 4.79. The van der Waals surface area contributed by atoms with Gasteiger partial charge in [-0.1, -0.05) is 30.3 Å². The fourth-order valence-electron chi connectivity index (χ4n) is 1.39. The third-order valence-corrected chi connectivity index (χ3v) is 2.65. The third-order valence-electron chi connectivity index (χ3n) is 2.36. The van der Waals surface area contributed by atoms with Crippen LogP contribution < -0.4 is 5.73 Å². The summed E-state index contributed by atoms with van der Waals surface area (Å²) in [6.45, 7) is 0. The molecular weight excluding hydrogens is 256 g/mol. The SMILES string of the molecule is NC(C(=O)O)C(O)(c1ccccc1)C(F)(F)Cl. The van der Waals surface area contributed by atoms with Gasteiger partial charge in [0, 0.05) is 0 Å². The van der Waals surface area contributed by atoms with Crippen LogP contribution in [0.1, 0.15) is 5.56 Å². The minimum Gasteiger partial charge on any atom is -0.480 e. The van der Waals surface area contributed by atoms with Crippen LogP contribution in [0.2, 0.25) is 0 Å². The van der Waals surface area contributed by atoms with Gasteiger partial charge in [0.25, 0.3) is 0 Å². The largest absolute Gasteiger partial charge is 0.480 e. The second-order valence-electron chi connectivity index (χ2n) is 3.45. The number of hydrogen-bond donors (Lipinski definition) is 3. The highest BCUT2D eigenvalue weighted by Crippen LogP contribution is 2.42. The van der Waals surface area contributed by atoms with Crippen LogP contribution in [-0.4, -0.2) is 27.6 Å². The van der Waals surface area contributed by atoms with Crippen LogP contribution in [0.5, 0.6) is 0 Å². The quantitative estimate of drug-likeness (QED) is 0.713. The van der Waals surface area contributed by atoms with E-state index in [2.05, 4.69) is 0 Å². The van der Waals surface area contributed by atoms with E-state index in [1.54, 1.807) is 0 Å². The average Bonchev–Trinajstić information content (AvgIpc) is 2.26. The lowest BCUT2D eigenvalue weighted by molar-refractivity contribution is -0.171. The zero-order valence-corrected chi connectivity index (χ0v) is 9.23. The highest BCUT2D eigenvalue weighted by atomic mass is 35.5. The van der Waals surface area contributed by atoms with E-state index in [1.165, 1.54) is 18.2 Å². The lowest BCUT2D eigenvalue weighted by Crippen LogP contribution is -2.58. The number of carboxylic acid groups (broad SMARTS) is 1. The minimum absolute atomic E-state index is 0.366. The fourth-order valence-corrected chi connectivity index (χ4v) is 1.62. The van der Waals surface area contributed by atoms with Gasteiger partial charge in [0.1, 0.15) is 6.04 Å². The predicted molar refractivity (Wildman–Crippen MR) is 56.8 cm³/mol. The van der Waals surface area contributed by atoms with Crippen LogP contribution in [0.4, 0.5) is 8.78 Å². The first-order chi connectivity index (χ1) is 7.71. The number of alkyl halides is 3. The van der Waals surface area contributed by atoms with Crippen molar-refractivity contribution >= 4 is 17.6 Å². The van der Waals surface area contributed by atoms with E-state index in [0.717, 1.165) is 12.1 Å². The number of hydrogen-bond acceptors (Lipinski definition) is 3. The Morgan fingerprint density at radius 2 is 1.82 bits per heavy atom. The van der Waals surface area contributed by atoms with E-state index in [0.29, 0.717) is 0 Å². The number of halogens is 3. The summed E-state index contributed by atoms with van der Waals surface area (Å²) in [7, 11) is 0. The van der Waals surface area contributed by atoms with Gasteiger partial charge in [0.05, 0.1) is 0 Å². The summed E-state index contributed by atoms with van der Waals surface area (Å²) in [6, 6.07) is 4.23. The van der Waals surface area contributed by atoms with E-state index in [4.69, 9.17) is 22.4 Å². The Morgan fingerprint density at radius 3 is 2.18 bits per heavy atom. The van der Waals surface area contributed by atoms with Crippen LogP contribution in [-0.2, 0) is 10.4 Å². The van der Waals surface area contributed by atoms with E-state index in [-0.39, 0.29) is 5.56 Å². The molecule has 0 aliphatic heterocycles. The molecule has 0 saturated carbocycles. The van der Waals surface area contributed by atoms with Gasteiger partial charge in [-0.25, -0.2) is 0 Å². The van der Waals surface area contributed by atoms with E-state index >= 15 is 0 Å². The normalized spacial score (nSPS) is 17.2. The number of aliphatic carboxylic acids is 1. The maximum Gasteiger partial charge on any atom is 0.356 e. The lowest BCUT2D eigenvalue weighted by Gasteiger charge is -2.35. The van der Waals surface area contributed by atoms with Crippen LogP contribution >= 0.6 is 11.6 Å². The van der Waals surface area contributed by atoms with Crippen molar-refractivity contribution in [1.82, 2.24) is 0 Å². The summed E-state index contributed by atoms with van der Waals surface area (Å²) < 4.78 is 26.5. The smallest absolute Gasteiger partial charge is 0.356 e. The molecule has 0 spiro atoms. The number of nitrogens with two attached hydrogens (primary N) is 1. The van der Waals surface area contributed by atoms with E-state index < -0.39 is 23.0 Å². The molecule has 0 heterocycles. The maximum absolute atomic E-state index is 13.2. The van der Waals surface area contributed by atoms with Crippen molar-refractivity contribution in [2.24, 2.45) is 5.73 Å². The molecule has 0 aromatic heterocycles. The first-order valence-electron chi connectivity index (χ1n) is 4.54. The zero-order valence-electron chi connectivity index (χ0n) is 8.48. The fraction of sp³-hybridized carbons (Fsp3) is 0.300. The van der Waals surface area contributed by atoms with Gasteiger partial charge in [-0.2, -0.15) is 8.78 Å². The first kappa shape index (κ1) is 13.8. The molecule has 1 aromatic carbocycles. The minimum atomic E-state index is -4.22. The molecule has 2 atom stereocenters. The number of rotatable bonds is 4. The number of aliphatic hydroxyl groups is 1. The van der Waals surface area contributed by atoms with E-state index in [1.807, 2.05) is 0 Å². The highest BCUT2D eigenvalue weighted by Gasteiger charge is 2.59. The van der Waals surface area contributed by atoms with Crippen molar-refractivity contribution in [3.8, 4) is 0 Å². The molecule has 1 rings (SSSR count). The van der Waals surface area contributed by atoms with Gasteiger partial charge in [-0.05, 0) is 17.2 Å². The summed E-state index contributed by atoms with van der Waals surface area (Å²) in [5.41, 5.74) is 1.55. The highest BCUT2D eigenvalue weighted by molar-refractivity contribution is 6.22. The standard InChI is InChI=1S/C10H10ClF2NO3/c11-10(12,13)9(17,7(14)8(15)16)6-4-2-1-3-5-6/h1-5,7,17H,14H2,(H,15,16). The van der Waals surface area contributed by atoms with Gasteiger partial charge >= 0.3 is 11.4 Å².